The first-order valence-electron chi connectivity index (χ1n) is 6.27. The van der Waals surface area contributed by atoms with E-state index in [1.165, 1.54) is 6.42 Å². The Balaban J connectivity index is 1.89. The van der Waals surface area contributed by atoms with Crippen LogP contribution >= 0.6 is 0 Å². The summed E-state index contributed by atoms with van der Waals surface area (Å²) in [6.07, 6.45) is 1.21. The highest BCUT2D eigenvalue weighted by Crippen LogP contribution is 2.21. The molecule has 1 aromatic rings. The highest BCUT2D eigenvalue weighted by Gasteiger charge is 2.26. The van der Waals surface area contributed by atoms with Crippen molar-refractivity contribution in [2.75, 3.05) is 19.6 Å². The van der Waals surface area contributed by atoms with Gasteiger partial charge < -0.3 is 5.73 Å². The number of hydrogen-bond acceptors (Lipinski definition) is 2. The van der Waals surface area contributed by atoms with Crippen LogP contribution in [0.5, 0.6) is 0 Å². The van der Waals surface area contributed by atoms with Crippen LogP contribution in [0.3, 0.4) is 0 Å². The molecule has 0 saturated carbocycles. The molecule has 1 aromatic carbocycles. The van der Waals surface area contributed by atoms with E-state index in [2.05, 4.69) is 23.7 Å². The fourth-order valence-corrected chi connectivity index (χ4v) is 2.37. The topological polar surface area (TPSA) is 29.3 Å². The van der Waals surface area contributed by atoms with Gasteiger partial charge in [0.2, 0.25) is 0 Å². The zero-order valence-electron chi connectivity index (χ0n) is 10.4. The van der Waals surface area contributed by atoms with Crippen LogP contribution in [0.15, 0.2) is 30.3 Å². The molecule has 0 amide bonds. The minimum atomic E-state index is 0.619. The van der Waals surface area contributed by atoms with Crippen molar-refractivity contribution < 1.29 is 0 Å². The van der Waals surface area contributed by atoms with Gasteiger partial charge in [-0.2, -0.15) is 0 Å². The van der Waals surface area contributed by atoms with E-state index in [0.29, 0.717) is 12.0 Å². The van der Waals surface area contributed by atoms with Crippen LogP contribution in [0.4, 0.5) is 0 Å². The van der Waals surface area contributed by atoms with Crippen molar-refractivity contribution in [1.82, 2.24) is 4.90 Å². The summed E-state index contributed by atoms with van der Waals surface area (Å²) in [5.41, 5.74) is 6.81. The zero-order valence-corrected chi connectivity index (χ0v) is 10.4. The predicted octanol–water partition coefficient (Wildman–Crippen LogP) is 1.71. The van der Waals surface area contributed by atoms with Gasteiger partial charge in [0.25, 0.3) is 0 Å². The van der Waals surface area contributed by atoms with Crippen molar-refractivity contribution in [3.05, 3.63) is 35.9 Å². The molecule has 2 nitrogen and oxygen atoms in total. The lowest BCUT2D eigenvalue weighted by Crippen LogP contribution is -2.28. The fourth-order valence-electron chi connectivity index (χ4n) is 2.37. The van der Waals surface area contributed by atoms with E-state index < -0.39 is 0 Å². The lowest BCUT2D eigenvalue weighted by molar-refractivity contribution is 0.298. The van der Waals surface area contributed by atoms with Gasteiger partial charge in [-0.1, -0.05) is 30.0 Å². The number of likely N-dealkylation sites (tertiary alicyclic amines) is 1. The van der Waals surface area contributed by atoms with E-state index in [1.807, 2.05) is 30.3 Å². The first-order valence-corrected chi connectivity index (χ1v) is 6.27. The van der Waals surface area contributed by atoms with Gasteiger partial charge in [-0.25, -0.2) is 0 Å². The second-order valence-electron chi connectivity index (χ2n) is 4.78. The molecule has 0 spiro atoms. The van der Waals surface area contributed by atoms with Crippen LogP contribution in [0.1, 0.15) is 18.9 Å². The van der Waals surface area contributed by atoms with Gasteiger partial charge in [-0.3, -0.25) is 4.90 Å². The third-order valence-corrected chi connectivity index (χ3v) is 3.41. The van der Waals surface area contributed by atoms with Crippen molar-refractivity contribution in [3.8, 4) is 11.8 Å². The van der Waals surface area contributed by atoms with Crippen molar-refractivity contribution >= 4 is 0 Å². The molecule has 1 aliphatic rings. The number of nitrogens with zero attached hydrogens (tertiary/aromatic N) is 1. The smallest absolute Gasteiger partial charge is 0.0607 e. The maximum Gasteiger partial charge on any atom is 0.0607 e. The molecule has 2 unspecified atom stereocenters. The molecule has 90 valence electrons. The number of hydrogen-bond donors (Lipinski definition) is 1. The van der Waals surface area contributed by atoms with E-state index in [4.69, 9.17) is 5.73 Å². The Kier molecular flexibility index (Phi) is 4.19. The van der Waals surface area contributed by atoms with Gasteiger partial charge in [-0.05, 0) is 37.9 Å². The monoisotopic (exact) mass is 228 g/mol. The Labute approximate surface area is 104 Å². The Morgan fingerprint density at radius 1 is 1.35 bits per heavy atom. The molecule has 0 bridgehead atoms. The fraction of sp³-hybridized carbons (Fsp3) is 0.467. The summed E-state index contributed by atoms with van der Waals surface area (Å²) in [5, 5.41) is 0. The number of rotatable bonds is 2. The van der Waals surface area contributed by atoms with Crippen LogP contribution < -0.4 is 5.73 Å². The minimum Gasteiger partial charge on any atom is -0.330 e. The Bertz CT molecular complexity index is 402. The SMILES string of the molecule is CC1CC(CN)CN1CC#Cc1ccccc1. The molecule has 0 aromatic heterocycles. The molecule has 1 fully saturated rings. The Morgan fingerprint density at radius 3 is 2.76 bits per heavy atom. The summed E-state index contributed by atoms with van der Waals surface area (Å²) >= 11 is 0. The average molecular weight is 228 g/mol. The molecular weight excluding hydrogens is 208 g/mol. The molecule has 1 saturated heterocycles. The highest BCUT2D eigenvalue weighted by molar-refractivity contribution is 5.33. The molecule has 1 aliphatic heterocycles. The number of benzene rings is 1. The predicted molar refractivity (Wildman–Crippen MR) is 71.5 cm³/mol. The quantitative estimate of drug-likeness (QED) is 0.781. The lowest BCUT2D eigenvalue weighted by atomic mass is 10.1. The molecule has 0 radical (unpaired) electrons. The van der Waals surface area contributed by atoms with Crippen LogP contribution in [-0.2, 0) is 0 Å². The van der Waals surface area contributed by atoms with Crippen LogP contribution in [0, 0.1) is 17.8 Å². The molecule has 17 heavy (non-hydrogen) atoms. The molecule has 2 atom stereocenters. The van der Waals surface area contributed by atoms with Crippen LogP contribution in [0.25, 0.3) is 0 Å². The number of nitrogens with two attached hydrogens (primary N) is 1. The van der Waals surface area contributed by atoms with Gasteiger partial charge in [0.15, 0.2) is 0 Å². The summed E-state index contributed by atoms with van der Waals surface area (Å²) in [6, 6.07) is 10.8. The average Bonchev–Trinajstić information content (AvgIpc) is 2.72. The van der Waals surface area contributed by atoms with E-state index in [0.717, 1.165) is 25.2 Å². The summed E-state index contributed by atoms with van der Waals surface area (Å²) < 4.78 is 0. The normalized spacial score (nSPS) is 24.4. The van der Waals surface area contributed by atoms with Crippen molar-refractivity contribution in [3.63, 3.8) is 0 Å². The zero-order chi connectivity index (χ0) is 12.1. The van der Waals surface area contributed by atoms with Gasteiger partial charge in [-0.15, -0.1) is 0 Å². The summed E-state index contributed by atoms with van der Waals surface area (Å²) in [5.74, 6) is 7.11. The third kappa shape index (κ3) is 3.33. The maximum atomic E-state index is 5.72. The van der Waals surface area contributed by atoms with E-state index >= 15 is 0 Å². The van der Waals surface area contributed by atoms with E-state index in [-0.39, 0.29) is 0 Å². The maximum absolute atomic E-state index is 5.72. The Hall–Kier alpha value is -1.30. The summed E-state index contributed by atoms with van der Waals surface area (Å²) in [4.78, 5) is 2.42. The first kappa shape index (κ1) is 12.2. The molecule has 2 rings (SSSR count). The molecule has 2 heteroatoms. The van der Waals surface area contributed by atoms with Crippen molar-refractivity contribution in [1.29, 1.82) is 0 Å². The van der Waals surface area contributed by atoms with Crippen LogP contribution in [0.2, 0.25) is 0 Å². The third-order valence-electron chi connectivity index (χ3n) is 3.41. The van der Waals surface area contributed by atoms with Gasteiger partial charge in [0.1, 0.15) is 0 Å². The summed E-state index contributed by atoms with van der Waals surface area (Å²) in [7, 11) is 0. The molecule has 1 heterocycles. The molecular formula is C15H20N2. The lowest BCUT2D eigenvalue weighted by Gasteiger charge is -2.17. The minimum absolute atomic E-state index is 0.619. The van der Waals surface area contributed by atoms with Crippen molar-refractivity contribution in [2.24, 2.45) is 11.7 Å². The van der Waals surface area contributed by atoms with Gasteiger partial charge in [0, 0.05) is 18.2 Å². The second kappa shape index (κ2) is 5.86. The second-order valence-corrected chi connectivity index (χ2v) is 4.78. The molecule has 2 N–H and O–H groups in total. The van der Waals surface area contributed by atoms with Gasteiger partial charge in [0.05, 0.1) is 6.54 Å². The first-order chi connectivity index (χ1) is 8.29. The van der Waals surface area contributed by atoms with Gasteiger partial charge >= 0.3 is 0 Å². The standard InChI is InChI=1S/C15H20N2/c1-13-10-15(11-16)12-17(13)9-5-8-14-6-3-2-4-7-14/h2-4,6-7,13,15H,9-12,16H2,1H3. The van der Waals surface area contributed by atoms with E-state index in [1.54, 1.807) is 0 Å². The van der Waals surface area contributed by atoms with E-state index in [9.17, 15) is 0 Å². The molecule has 0 aliphatic carbocycles. The van der Waals surface area contributed by atoms with Crippen molar-refractivity contribution in [2.45, 2.75) is 19.4 Å². The highest BCUT2D eigenvalue weighted by atomic mass is 15.2. The Morgan fingerprint density at radius 2 is 2.12 bits per heavy atom. The summed E-state index contributed by atoms with van der Waals surface area (Å²) in [6.45, 7) is 5.01. The largest absolute Gasteiger partial charge is 0.330 e. The van der Waals surface area contributed by atoms with Crippen LogP contribution in [-0.4, -0.2) is 30.6 Å².